The van der Waals surface area contributed by atoms with Crippen LogP contribution in [0.1, 0.15) is 26.5 Å². The van der Waals surface area contributed by atoms with Gasteiger partial charge in [0.05, 0.1) is 5.56 Å². The van der Waals surface area contributed by atoms with Gasteiger partial charge in [0, 0.05) is 10.9 Å². The molecular formula is C25H16O6. The normalized spacial score (nSPS) is 12.4. The Morgan fingerprint density at radius 1 is 0.871 bits per heavy atom. The number of furan rings is 1. The molecule has 0 atom stereocenters. The summed E-state index contributed by atoms with van der Waals surface area (Å²) in [6.07, 6.45) is 2.99. The monoisotopic (exact) mass is 412 g/mol. The first-order chi connectivity index (χ1) is 15.2. The van der Waals surface area contributed by atoms with Gasteiger partial charge < -0.3 is 18.6 Å². The van der Waals surface area contributed by atoms with Crippen LogP contribution in [0.5, 0.6) is 17.2 Å². The molecule has 1 aromatic heterocycles. The van der Waals surface area contributed by atoms with Crippen molar-refractivity contribution in [1.82, 2.24) is 0 Å². The Balaban J connectivity index is 1.35. The molecule has 4 aromatic rings. The summed E-state index contributed by atoms with van der Waals surface area (Å²) in [4.78, 5) is 25.1. The fourth-order valence-corrected chi connectivity index (χ4v) is 3.24. The molecular weight excluding hydrogens is 396 g/mol. The molecule has 6 nitrogen and oxygen atoms in total. The number of para-hydroxylation sites is 2. The van der Waals surface area contributed by atoms with Crippen molar-refractivity contribution in [2.75, 3.05) is 6.79 Å². The fraction of sp³-hybridized carbons (Fsp3) is 0.0400. The average Bonchev–Trinajstić information content (AvgIpc) is 3.44. The van der Waals surface area contributed by atoms with E-state index in [1.54, 1.807) is 60.7 Å². The molecule has 0 saturated carbocycles. The van der Waals surface area contributed by atoms with E-state index in [0.717, 1.165) is 5.39 Å². The second kappa shape index (κ2) is 7.84. The lowest BCUT2D eigenvalue weighted by molar-refractivity contribution is 0.0733. The van der Waals surface area contributed by atoms with Crippen LogP contribution in [0.2, 0.25) is 0 Å². The molecule has 6 heteroatoms. The summed E-state index contributed by atoms with van der Waals surface area (Å²) in [5.41, 5.74) is 1.57. The fourth-order valence-electron chi connectivity index (χ4n) is 3.24. The molecule has 31 heavy (non-hydrogen) atoms. The number of ether oxygens (including phenoxy) is 3. The molecule has 0 saturated heterocycles. The van der Waals surface area contributed by atoms with E-state index in [-0.39, 0.29) is 18.3 Å². The number of fused-ring (bicyclic) bond motifs is 2. The lowest BCUT2D eigenvalue weighted by Crippen LogP contribution is -2.09. The van der Waals surface area contributed by atoms with Crippen molar-refractivity contribution < 1.29 is 28.2 Å². The Bertz CT molecular complexity index is 1300. The third-order valence-electron chi connectivity index (χ3n) is 4.81. The number of ketones is 1. The van der Waals surface area contributed by atoms with Gasteiger partial charge in [-0.1, -0.05) is 36.4 Å². The van der Waals surface area contributed by atoms with Crippen LogP contribution in [0.15, 0.2) is 83.3 Å². The highest BCUT2D eigenvalue weighted by atomic mass is 16.7. The first-order valence-corrected chi connectivity index (χ1v) is 9.59. The molecule has 0 bridgehead atoms. The van der Waals surface area contributed by atoms with Gasteiger partial charge >= 0.3 is 5.97 Å². The highest BCUT2D eigenvalue weighted by molar-refractivity contribution is 6.07. The molecule has 1 aliphatic heterocycles. The predicted molar refractivity (Wildman–Crippen MR) is 114 cm³/mol. The first-order valence-electron chi connectivity index (χ1n) is 9.59. The van der Waals surface area contributed by atoms with Gasteiger partial charge in [0.1, 0.15) is 11.3 Å². The van der Waals surface area contributed by atoms with Crippen LogP contribution in [-0.2, 0) is 0 Å². The number of benzene rings is 3. The standard InChI is InChI=1S/C25H16O6/c26-19(23-13-17-6-2-4-8-21(17)30-23)11-9-16-5-1-3-7-20(16)31-25(27)18-10-12-22-24(14-18)29-15-28-22/h1-14H,15H2. The quantitative estimate of drug-likeness (QED) is 0.192. The number of allylic oxidation sites excluding steroid dienone is 1. The minimum Gasteiger partial charge on any atom is -0.454 e. The molecule has 0 spiro atoms. The molecule has 2 heterocycles. The van der Waals surface area contributed by atoms with E-state index in [2.05, 4.69) is 0 Å². The molecule has 0 aliphatic carbocycles. The van der Waals surface area contributed by atoms with E-state index in [1.807, 2.05) is 18.2 Å². The predicted octanol–water partition coefficient (Wildman–Crippen LogP) is 5.28. The Labute approximate surface area is 177 Å². The lowest BCUT2D eigenvalue weighted by Gasteiger charge is -2.08. The smallest absolute Gasteiger partial charge is 0.343 e. The zero-order chi connectivity index (χ0) is 21.2. The van der Waals surface area contributed by atoms with Crippen molar-refractivity contribution in [3.05, 3.63) is 95.8 Å². The zero-order valence-corrected chi connectivity index (χ0v) is 16.2. The van der Waals surface area contributed by atoms with E-state index in [0.29, 0.717) is 34.0 Å². The van der Waals surface area contributed by atoms with E-state index in [9.17, 15) is 9.59 Å². The van der Waals surface area contributed by atoms with Gasteiger partial charge in [-0.15, -0.1) is 0 Å². The third-order valence-corrected chi connectivity index (χ3v) is 4.81. The van der Waals surface area contributed by atoms with E-state index < -0.39 is 5.97 Å². The first kappa shape index (κ1) is 18.7. The molecule has 0 amide bonds. The molecule has 152 valence electrons. The summed E-state index contributed by atoms with van der Waals surface area (Å²) in [7, 11) is 0. The Hall–Kier alpha value is -4.32. The zero-order valence-electron chi connectivity index (χ0n) is 16.2. The highest BCUT2D eigenvalue weighted by Gasteiger charge is 2.18. The van der Waals surface area contributed by atoms with Crippen LogP contribution < -0.4 is 14.2 Å². The number of esters is 1. The van der Waals surface area contributed by atoms with Crippen LogP contribution in [-0.4, -0.2) is 18.5 Å². The Morgan fingerprint density at radius 2 is 1.68 bits per heavy atom. The van der Waals surface area contributed by atoms with Crippen LogP contribution >= 0.6 is 0 Å². The van der Waals surface area contributed by atoms with Gasteiger partial charge in [0.2, 0.25) is 12.6 Å². The molecule has 0 unspecified atom stereocenters. The molecule has 1 aliphatic rings. The summed E-state index contributed by atoms with van der Waals surface area (Å²) >= 11 is 0. The van der Waals surface area contributed by atoms with E-state index >= 15 is 0 Å². The third kappa shape index (κ3) is 3.79. The number of carbonyl (C=O) groups excluding carboxylic acids is 2. The minimum absolute atomic E-state index is 0.126. The summed E-state index contributed by atoms with van der Waals surface area (Å²) in [5, 5.41) is 0.859. The summed E-state index contributed by atoms with van der Waals surface area (Å²) in [6, 6.07) is 20.9. The second-order valence-corrected chi connectivity index (χ2v) is 6.84. The van der Waals surface area contributed by atoms with Gasteiger partial charge in [-0.3, -0.25) is 4.79 Å². The second-order valence-electron chi connectivity index (χ2n) is 6.84. The van der Waals surface area contributed by atoms with Crippen molar-refractivity contribution in [2.45, 2.75) is 0 Å². The van der Waals surface area contributed by atoms with Gasteiger partial charge in [-0.25, -0.2) is 4.79 Å². The molecule has 0 fully saturated rings. The van der Waals surface area contributed by atoms with Gasteiger partial charge in [0.25, 0.3) is 0 Å². The maximum Gasteiger partial charge on any atom is 0.343 e. The van der Waals surface area contributed by atoms with Crippen LogP contribution in [0.3, 0.4) is 0 Å². The highest BCUT2D eigenvalue weighted by Crippen LogP contribution is 2.33. The van der Waals surface area contributed by atoms with Crippen LogP contribution in [0, 0.1) is 0 Å². The Morgan fingerprint density at radius 3 is 2.58 bits per heavy atom. The van der Waals surface area contributed by atoms with E-state index in [4.69, 9.17) is 18.6 Å². The largest absolute Gasteiger partial charge is 0.454 e. The summed E-state index contributed by atoms with van der Waals surface area (Å²) in [5.74, 6) is 0.838. The summed E-state index contributed by atoms with van der Waals surface area (Å²) in [6.45, 7) is 0.126. The van der Waals surface area contributed by atoms with Crippen molar-refractivity contribution >= 4 is 28.8 Å². The number of carbonyl (C=O) groups is 2. The van der Waals surface area contributed by atoms with Gasteiger partial charge in [0.15, 0.2) is 17.3 Å². The maximum absolute atomic E-state index is 12.6. The van der Waals surface area contributed by atoms with Crippen molar-refractivity contribution in [1.29, 1.82) is 0 Å². The molecule has 0 N–H and O–H groups in total. The van der Waals surface area contributed by atoms with Crippen molar-refractivity contribution in [2.24, 2.45) is 0 Å². The lowest BCUT2D eigenvalue weighted by atomic mass is 10.1. The molecule has 3 aromatic carbocycles. The van der Waals surface area contributed by atoms with Crippen molar-refractivity contribution in [3.8, 4) is 17.2 Å². The Kier molecular flexibility index (Phi) is 4.72. The molecule has 5 rings (SSSR count). The maximum atomic E-state index is 12.6. The SMILES string of the molecule is O=C(Oc1ccccc1C=CC(=O)c1cc2ccccc2o1)c1ccc2c(c1)OCO2. The summed E-state index contributed by atoms with van der Waals surface area (Å²) < 4.78 is 21.7. The van der Waals surface area contributed by atoms with Crippen LogP contribution in [0.25, 0.3) is 17.0 Å². The average molecular weight is 412 g/mol. The minimum atomic E-state index is -0.539. The van der Waals surface area contributed by atoms with Crippen LogP contribution in [0.4, 0.5) is 0 Å². The number of hydrogen-bond donors (Lipinski definition) is 0. The number of hydrogen-bond acceptors (Lipinski definition) is 6. The van der Waals surface area contributed by atoms with Gasteiger partial charge in [-0.2, -0.15) is 0 Å². The molecule has 0 radical (unpaired) electrons. The van der Waals surface area contributed by atoms with Gasteiger partial charge in [-0.05, 0) is 48.6 Å². The van der Waals surface area contributed by atoms with E-state index in [1.165, 1.54) is 6.08 Å². The topological polar surface area (TPSA) is 75.0 Å². The number of rotatable bonds is 5. The van der Waals surface area contributed by atoms with Crippen molar-refractivity contribution in [3.63, 3.8) is 0 Å².